The van der Waals surface area contributed by atoms with Crippen LogP contribution < -0.4 is 10.6 Å². The van der Waals surface area contributed by atoms with Crippen LogP contribution in [0.2, 0.25) is 0 Å². The van der Waals surface area contributed by atoms with Gasteiger partial charge in [-0.25, -0.2) is 0 Å². The predicted molar refractivity (Wildman–Crippen MR) is 106 cm³/mol. The Bertz CT molecular complexity index is 621. The molecule has 0 aliphatic carbocycles. The molecular formula is C17H26IN5. The lowest BCUT2D eigenvalue weighted by atomic mass is 10.1. The third-order valence-corrected chi connectivity index (χ3v) is 3.38. The van der Waals surface area contributed by atoms with Crippen molar-refractivity contribution < 1.29 is 0 Å². The average molecular weight is 427 g/mol. The number of guanidine groups is 1. The van der Waals surface area contributed by atoms with Gasteiger partial charge in [-0.3, -0.25) is 9.67 Å². The van der Waals surface area contributed by atoms with E-state index < -0.39 is 0 Å². The highest BCUT2D eigenvalue weighted by Crippen LogP contribution is 2.03. The fraction of sp³-hybridized carbons (Fsp3) is 0.412. The van der Waals surface area contributed by atoms with Crippen molar-refractivity contribution in [1.29, 1.82) is 0 Å². The molecule has 1 heterocycles. The lowest BCUT2D eigenvalue weighted by molar-refractivity contribution is 0.570. The van der Waals surface area contributed by atoms with Gasteiger partial charge in [0.1, 0.15) is 0 Å². The largest absolute Gasteiger partial charge is 0.356 e. The van der Waals surface area contributed by atoms with Gasteiger partial charge in [0, 0.05) is 32.9 Å². The summed E-state index contributed by atoms with van der Waals surface area (Å²) in [6.07, 6.45) is 4.95. The number of hydrogen-bond acceptors (Lipinski definition) is 2. The standard InChI is InChI=1S/C17H25N5.HI/c1-14-6-4-7-16(10-14)12-20-17(18-3)19-8-5-9-22-13-15(2)11-21-22;/h4,6-7,10-11,13H,5,8-9,12H2,1-3H3,(H2,18,19,20);1H. The first-order valence-electron chi connectivity index (χ1n) is 7.66. The summed E-state index contributed by atoms with van der Waals surface area (Å²) in [5.74, 6) is 0.832. The smallest absolute Gasteiger partial charge is 0.191 e. The molecule has 0 radical (unpaired) electrons. The number of halogens is 1. The van der Waals surface area contributed by atoms with Gasteiger partial charge in [0.2, 0.25) is 0 Å². The van der Waals surface area contributed by atoms with Crippen molar-refractivity contribution in [1.82, 2.24) is 20.4 Å². The van der Waals surface area contributed by atoms with Crippen LogP contribution in [0, 0.1) is 13.8 Å². The molecular weight excluding hydrogens is 401 g/mol. The molecule has 5 nitrogen and oxygen atoms in total. The quantitative estimate of drug-likeness (QED) is 0.323. The van der Waals surface area contributed by atoms with E-state index in [4.69, 9.17) is 0 Å². The summed E-state index contributed by atoms with van der Waals surface area (Å²) in [4.78, 5) is 4.25. The number of rotatable bonds is 6. The zero-order valence-electron chi connectivity index (χ0n) is 14.0. The van der Waals surface area contributed by atoms with Crippen LogP contribution in [0.1, 0.15) is 23.1 Å². The predicted octanol–water partition coefficient (Wildman–Crippen LogP) is 2.87. The van der Waals surface area contributed by atoms with Crippen molar-refractivity contribution in [3.8, 4) is 0 Å². The lowest BCUT2D eigenvalue weighted by Crippen LogP contribution is -2.37. The molecule has 0 saturated heterocycles. The van der Waals surface area contributed by atoms with E-state index in [0.29, 0.717) is 0 Å². The van der Waals surface area contributed by atoms with Crippen LogP contribution in [0.5, 0.6) is 0 Å². The van der Waals surface area contributed by atoms with Gasteiger partial charge in [0.05, 0.1) is 6.20 Å². The molecule has 0 saturated carbocycles. The molecule has 2 N–H and O–H groups in total. The maximum Gasteiger partial charge on any atom is 0.191 e. The highest BCUT2D eigenvalue weighted by Gasteiger charge is 1.99. The van der Waals surface area contributed by atoms with Gasteiger partial charge < -0.3 is 10.6 Å². The summed E-state index contributed by atoms with van der Waals surface area (Å²) >= 11 is 0. The second-order valence-corrected chi connectivity index (χ2v) is 5.48. The molecule has 23 heavy (non-hydrogen) atoms. The Balaban J connectivity index is 0.00000264. The van der Waals surface area contributed by atoms with E-state index in [0.717, 1.165) is 32.0 Å². The third kappa shape index (κ3) is 7.02. The van der Waals surface area contributed by atoms with Crippen molar-refractivity contribution in [2.45, 2.75) is 33.4 Å². The Morgan fingerprint density at radius 2 is 2.04 bits per heavy atom. The highest BCUT2D eigenvalue weighted by molar-refractivity contribution is 14.0. The van der Waals surface area contributed by atoms with E-state index in [1.165, 1.54) is 16.7 Å². The molecule has 0 unspecified atom stereocenters. The zero-order chi connectivity index (χ0) is 15.8. The molecule has 2 aromatic rings. The maximum atomic E-state index is 4.28. The average Bonchev–Trinajstić information content (AvgIpc) is 2.92. The van der Waals surface area contributed by atoms with Crippen molar-refractivity contribution in [2.75, 3.05) is 13.6 Å². The zero-order valence-corrected chi connectivity index (χ0v) is 16.4. The Labute approximate surface area is 155 Å². The van der Waals surface area contributed by atoms with Crippen molar-refractivity contribution in [3.05, 3.63) is 53.3 Å². The molecule has 2 rings (SSSR count). The molecule has 0 atom stereocenters. The fourth-order valence-electron chi connectivity index (χ4n) is 2.27. The van der Waals surface area contributed by atoms with Crippen LogP contribution in [-0.4, -0.2) is 29.3 Å². The Hall–Kier alpha value is -1.57. The summed E-state index contributed by atoms with van der Waals surface area (Å²) in [6, 6.07) is 8.48. The van der Waals surface area contributed by atoms with Crippen LogP contribution in [0.3, 0.4) is 0 Å². The number of aryl methyl sites for hydroxylation is 3. The van der Waals surface area contributed by atoms with Gasteiger partial charge in [0.15, 0.2) is 5.96 Å². The summed E-state index contributed by atoms with van der Waals surface area (Å²) in [5.41, 5.74) is 3.73. The molecule has 0 amide bonds. The lowest BCUT2D eigenvalue weighted by Gasteiger charge is -2.12. The van der Waals surface area contributed by atoms with E-state index >= 15 is 0 Å². The molecule has 1 aromatic carbocycles. The van der Waals surface area contributed by atoms with Gasteiger partial charge in [-0.2, -0.15) is 5.10 Å². The molecule has 0 aliphatic heterocycles. The first kappa shape index (κ1) is 19.5. The van der Waals surface area contributed by atoms with Crippen molar-refractivity contribution >= 4 is 29.9 Å². The van der Waals surface area contributed by atoms with Crippen LogP contribution in [0.15, 0.2) is 41.7 Å². The summed E-state index contributed by atoms with van der Waals surface area (Å²) in [5, 5.41) is 10.9. The Morgan fingerprint density at radius 3 is 2.70 bits per heavy atom. The number of nitrogens with zero attached hydrogens (tertiary/aromatic N) is 3. The normalized spacial score (nSPS) is 11.0. The number of aliphatic imine (C=N–C) groups is 1. The minimum Gasteiger partial charge on any atom is -0.356 e. The first-order chi connectivity index (χ1) is 10.7. The third-order valence-electron chi connectivity index (χ3n) is 3.38. The van der Waals surface area contributed by atoms with Crippen LogP contribution in [0.25, 0.3) is 0 Å². The Morgan fingerprint density at radius 1 is 1.22 bits per heavy atom. The molecule has 0 bridgehead atoms. The van der Waals surface area contributed by atoms with Crippen molar-refractivity contribution in [2.24, 2.45) is 4.99 Å². The first-order valence-corrected chi connectivity index (χ1v) is 7.66. The Kier molecular flexibility index (Phi) is 8.68. The molecule has 0 aliphatic rings. The van der Waals surface area contributed by atoms with Gasteiger partial charge in [-0.05, 0) is 31.4 Å². The monoisotopic (exact) mass is 427 g/mol. The number of aromatic nitrogens is 2. The second-order valence-electron chi connectivity index (χ2n) is 5.48. The topological polar surface area (TPSA) is 54.2 Å². The second kappa shape index (κ2) is 10.3. The summed E-state index contributed by atoms with van der Waals surface area (Å²) < 4.78 is 1.97. The number of benzene rings is 1. The van der Waals surface area contributed by atoms with E-state index in [1.807, 2.05) is 10.9 Å². The van der Waals surface area contributed by atoms with Gasteiger partial charge in [0.25, 0.3) is 0 Å². The van der Waals surface area contributed by atoms with E-state index in [2.05, 4.69) is 65.0 Å². The SMILES string of the molecule is CN=C(NCCCn1cc(C)cn1)NCc1cccc(C)c1.I. The number of nitrogens with one attached hydrogen (secondary N) is 2. The minimum atomic E-state index is 0. The fourth-order valence-corrected chi connectivity index (χ4v) is 2.27. The van der Waals surface area contributed by atoms with Crippen LogP contribution >= 0.6 is 24.0 Å². The summed E-state index contributed by atoms with van der Waals surface area (Å²) in [6.45, 7) is 6.72. The molecule has 126 valence electrons. The van der Waals surface area contributed by atoms with Crippen LogP contribution in [-0.2, 0) is 13.1 Å². The molecule has 0 spiro atoms. The van der Waals surface area contributed by atoms with Crippen molar-refractivity contribution in [3.63, 3.8) is 0 Å². The van der Waals surface area contributed by atoms with E-state index in [1.54, 1.807) is 7.05 Å². The molecule has 0 fully saturated rings. The van der Waals surface area contributed by atoms with Gasteiger partial charge in [-0.15, -0.1) is 24.0 Å². The highest BCUT2D eigenvalue weighted by atomic mass is 127. The van der Waals surface area contributed by atoms with Gasteiger partial charge in [-0.1, -0.05) is 29.8 Å². The molecule has 1 aromatic heterocycles. The van der Waals surface area contributed by atoms with E-state index in [9.17, 15) is 0 Å². The molecule has 6 heteroatoms. The van der Waals surface area contributed by atoms with Gasteiger partial charge >= 0.3 is 0 Å². The van der Waals surface area contributed by atoms with Crippen LogP contribution in [0.4, 0.5) is 0 Å². The maximum absolute atomic E-state index is 4.28. The van der Waals surface area contributed by atoms with E-state index in [-0.39, 0.29) is 24.0 Å². The minimum absolute atomic E-state index is 0. The summed E-state index contributed by atoms with van der Waals surface area (Å²) in [7, 11) is 1.79. The number of hydrogen-bond donors (Lipinski definition) is 2.